The molecule has 0 aromatic carbocycles. The maximum Gasteiger partial charge on any atom is 0.0476 e. The summed E-state index contributed by atoms with van der Waals surface area (Å²) in [4.78, 5) is 3.19. The molecule has 3 N–H and O–H groups in total. The minimum Gasteiger partial charge on any atom is -0.363 e. The van der Waals surface area contributed by atoms with Gasteiger partial charge in [-0.1, -0.05) is 0 Å². The van der Waals surface area contributed by atoms with Gasteiger partial charge < -0.3 is 10.7 Å². The third-order valence-electron chi connectivity index (χ3n) is 2.16. The lowest BCUT2D eigenvalue weighted by Gasteiger charge is -2.06. The SMILES string of the molecule is N[C@@H](c1cc(I)c[nH]1)C1CC1. The van der Waals surface area contributed by atoms with Crippen molar-refractivity contribution in [3.05, 3.63) is 21.5 Å². The lowest BCUT2D eigenvalue weighted by Crippen LogP contribution is -2.12. The van der Waals surface area contributed by atoms with Crippen LogP contribution in [0.1, 0.15) is 24.6 Å². The van der Waals surface area contributed by atoms with Crippen LogP contribution >= 0.6 is 22.6 Å². The molecule has 1 saturated carbocycles. The Kier molecular flexibility index (Phi) is 1.93. The van der Waals surface area contributed by atoms with Gasteiger partial charge in [-0.15, -0.1) is 0 Å². The number of hydrogen-bond donors (Lipinski definition) is 2. The molecular weight excluding hydrogens is 251 g/mol. The van der Waals surface area contributed by atoms with E-state index in [0.29, 0.717) is 0 Å². The van der Waals surface area contributed by atoms with Crippen molar-refractivity contribution >= 4 is 22.6 Å². The predicted molar refractivity (Wildman–Crippen MR) is 53.2 cm³/mol. The number of H-pyrrole nitrogens is 1. The molecular formula is C8H11IN2. The highest BCUT2D eigenvalue weighted by Gasteiger charge is 2.30. The maximum absolute atomic E-state index is 5.98. The number of nitrogens with one attached hydrogen (secondary N) is 1. The molecule has 0 unspecified atom stereocenters. The van der Waals surface area contributed by atoms with Crippen LogP contribution in [0.5, 0.6) is 0 Å². The molecule has 1 aromatic rings. The molecule has 1 heterocycles. The predicted octanol–water partition coefficient (Wildman–Crippen LogP) is 2.03. The van der Waals surface area contributed by atoms with E-state index >= 15 is 0 Å². The van der Waals surface area contributed by atoms with E-state index in [1.54, 1.807) is 0 Å². The molecule has 2 nitrogen and oxygen atoms in total. The summed E-state index contributed by atoms with van der Waals surface area (Å²) < 4.78 is 1.24. The highest BCUT2D eigenvalue weighted by atomic mass is 127. The quantitative estimate of drug-likeness (QED) is 0.787. The van der Waals surface area contributed by atoms with Crippen molar-refractivity contribution in [3.63, 3.8) is 0 Å². The fourth-order valence-electron chi connectivity index (χ4n) is 1.29. The van der Waals surface area contributed by atoms with Gasteiger partial charge in [-0.25, -0.2) is 0 Å². The number of rotatable bonds is 2. The molecule has 1 aromatic heterocycles. The second-order valence-corrected chi connectivity index (χ2v) is 4.38. The van der Waals surface area contributed by atoms with Gasteiger partial charge in [0.2, 0.25) is 0 Å². The van der Waals surface area contributed by atoms with Crippen molar-refractivity contribution in [2.75, 3.05) is 0 Å². The lowest BCUT2D eigenvalue weighted by molar-refractivity contribution is 0.618. The molecule has 0 bridgehead atoms. The summed E-state index contributed by atoms with van der Waals surface area (Å²) in [6.07, 6.45) is 4.60. The fraction of sp³-hybridized carbons (Fsp3) is 0.500. The first-order valence-corrected chi connectivity index (χ1v) is 4.94. The molecule has 0 aliphatic heterocycles. The summed E-state index contributed by atoms with van der Waals surface area (Å²) in [6, 6.07) is 2.38. The van der Waals surface area contributed by atoms with E-state index in [1.165, 1.54) is 22.1 Å². The first kappa shape index (κ1) is 7.61. The van der Waals surface area contributed by atoms with Gasteiger partial charge in [0.1, 0.15) is 0 Å². The van der Waals surface area contributed by atoms with Gasteiger partial charge in [0.25, 0.3) is 0 Å². The molecule has 11 heavy (non-hydrogen) atoms. The van der Waals surface area contributed by atoms with Gasteiger partial charge in [0.05, 0.1) is 0 Å². The highest BCUT2D eigenvalue weighted by Crippen LogP contribution is 2.39. The van der Waals surface area contributed by atoms with Gasteiger partial charge >= 0.3 is 0 Å². The first-order valence-electron chi connectivity index (χ1n) is 3.87. The lowest BCUT2D eigenvalue weighted by atomic mass is 10.1. The summed E-state index contributed by atoms with van der Waals surface area (Å²) in [6.45, 7) is 0. The highest BCUT2D eigenvalue weighted by molar-refractivity contribution is 14.1. The van der Waals surface area contributed by atoms with Gasteiger partial charge in [-0.3, -0.25) is 0 Å². The van der Waals surface area contributed by atoms with E-state index in [0.717, 1.165) is 5.92 Å². The van der Waals surface area contributed by atoms with Crippen molar-refractivity contribution in [1.82, 2.24) is 4.98 Å². The maximum atomic E-state index is 5.98. The van der Waals surface area contributed by atoms with Crippen LogP contribution < -0.4 is 5.73 Å². The summed E-state index contributed by atoms with van der Waals surface area (Å²) >= 11 is 2.29. The van der Waals surface area contributed by atoms with Crippen molar-refractivity contribution in [3.8, 4) is 0 Å². The van der Waals surface area contributed by atoms with E-state index in [4.69, 9.17) is 5.73 Å². The first-order chi connectivity index (χ1) is 5.27. The van der Waals surface area contributed by atoms with Crippen LogP contribution in [-0.4, -0.2) is 4.98 Å². The van der Waals surface area contributed by atoms with Crippen LogP contribution in [0.3, 0.4) is 0 Å². The van der Waals surface area contributed by atoms with E-state index in [9.17, 15) is 0 Å². The molecule has 60 valence electrons. The molecule has 0 spiro atoms. The van der Waals surface area contributed by atoms with Gasteiger partial charge in [-0.05, 0) is 47.4 Å². The van der Waals surface area contributed by atoms with Crippen LogP contribution in [0, 0.1) is 9.49 Å². The minimum atomic E-state index is 0.249. The zero-order chi connectivity index (χ0) is 7.84. The van der Waals surface area contributed by atoms with Crippen LogP contribution in [0.15, 0.2) is 12.3 Å². The molecule has 1 atom stereocenters. The Balaban J connectivity index is 2.14. The molecule has 0 saturated heterocycles. The van der Waals surface area contributed by atoms with Crippen LogP contribution in [0.2, 0.25) is 0 Å². The van der Waals surface area contributed by atoms with Crippen LogP contribution in [0.4, 0.5) is 0 Å². The van der Waals surface area contributed by atoms with Gasteiger partial charge in [0, 0.05) is 21.5 Å². The average molecular weight is 262 g/mol. The van der Waals surface area contributed by atoms with Crippen LogP contribution in [-0.2, 0) is 0 Å². The van der Waals surface area contributed by atoms with Crippen molar-refractivity contribution in [2.24, 2.45) is 11.7 Å². The monoisotopic (exact) mass is 262 g/mol. The van der Waals surface area contributed by atoms with E-state index in [-0.39, 0.29) is 6.04 Å². The second kappa shape index (κ2) is 2.79. The smallest absolute Gasteiger partial charge is 0.0476 e. The summed E-state index contributed by atoms with van der Waals surface area (Å²) in [5, 5.41) is 0. The molecule has 1 aliphatic rings. The molecule has 2 rings (SSSR count). The van der Waals surface area contributed by atoms with Crippen molar-refractivity contribution in [1.29, 1.82) is 0 Å². The summed E-state index contributed by atoms with van der Waals surface area (Å²) in [5.74, 6) is 0.740. The fourth-order valence-corrected chi connectivity index (χ4v) is 1.78. The van der Waals surface area contributed by atoms with Crippen molar-refractivity contribution < 1.29 is 0 Å². The molecule has 3 heteroatoms. The van der Waals surface area contributed by atoms with Crippen LogP contribution in [0.25, 0.3) is 0 Å². The Bertz CT molecular complexity index is 252. The van der Waals surface area contributed by atoms with Gasteiger partial charge in [0.15, 0.2) is 0 Å². The average Bonchev–Trinajstić information content (AvgIpc) is 2.74. The minimum absolute atomic E-state index is 0.249. The number of aromatic nitrogens is 1. The Hall–Kier alpha value is -0.0300. The largest absolute Gasteiger partial charge is 0.363 e. The number of halogens is 1. The third-order valence-corrected chi connectivity index (χ3v) is 2.78. The Labute approximate surface area is 79.7 Å². The zero-order valence-electron chi connectivity index (χ0n) is 6.18. The van der Waals surface area contributed by atoms with Gasteiger partial charge in [-0.2, -0.15) is 0 Å². The summed E-state index contributed by atoms with van der Waals surface area (Å²) in [7, 11) is 0. The third kappa shape index (κ3) is 1.59. The Morgan fingerprint density at radius 3 is 2.82 bits per heavy atom. The van der Waals surface area contributed by atoms with E-state index in [2.05, 4.69) is 33.6 Å². The molecule has 1 aliphatic carbocycles. The number of aromatic amines is 1. The summed E-state index contributed by atoms with van der Waals surface area (Å²) in [5.41, 5.74) is 7.17. The zero-order valence-corrected chi connectivity index (χ0v) is 8.34. The standard InChI is InChI=1S/C8H11IN2/c9-6-3-7(11-4-6)8(10)5-1-2-5/h3-5,8,11H,1-2,10H2/t8-/m1/s1. The molecule has 0 amide bonds. The number of hydrogen-bond acceptors (Lipinski definition) is 1. The van der Waals surface area contributed by atoms with E-state index < -0.39 is 0 Å². The molecule has 0 radical (unpaired) electrons. The number of nitrogens with two attached hydrogens (primary N) is 1. The van der Waals surface area contributed by atoms with E-state index in [1.807, 2.05) is 6.20 Å². The topological polar surface area (TPSA) is 41.8 Å². The second-order valence-electron chi connectivity index (χ2n) is 3.14. The Morgan fingerprint density at radius 2 is 2.36 bits per heavy atom. The Morgan fingerprint density at radius 1 is 1.64 bits per heavy atom. The normalized spacial score (nSPS) is 20.2. The van der Waals surface area contributed by atoms with Crippen molar-refractivity contribution in [2.45, 2.75) is 18.9 Å². The molecule has 1 fully saturated rings.